The third-order valence-corrected chi connectivity index (χ3v) is 3.06. The summed E-state index contributed by atoms with van der Waals surface area (Å²) in [5.74, 6) is -0.558. The fraction of sp³-hybridized carbons (Fsp3) is 0.182. The van der Waals surface area contributed by atoms with Gasteiger partial charge in [-0.05, 0) is 24.0 Å². The molecule has 1 aromatic heterocycles. The van der Waals surface area contributed by atoms with Gasteiger partial charge in [0.05, 0.1) is 11.1 Å². The second-order valence-corrected chi connectivity index (χ2v) is 4.52. The van der Waals surface area contributed by atoms with Gasteiger partial charge in [-0.1, -0.05) is 11.8 Å². The predicted molar refractivity (Wildman–Crippen MR) is 72.8 cm³/mol. The Balaban J connectivity index is 2.28. The number of alkyl halides is 2. The average Bonchev–Trinajstić information content (AvgIpc) is 2.88. The summed E-state index contributed by atoms with van der Waals surface area (Å²) in [6.07, 6.45) is 0.169. The van der Waals surface area contributed by atoms with E-state index in [9.17, 15) is 18.9 Å². The highest BCUT2D eigenvalue weighted by atomic mass is 32.2. The molecule has 0 N–H and O–H groups in total. The Morgan fingerprint density at radius 2 is 2.05 bits per heavy atom. The summed E-state index contributed by atoms with van der Waals surface area (Å²) in [5, 5.41) is 21.6. The van der Waals surface area contributed by atoms with Crippen LogP contribution in [0.3, 0.4) is 0 Å². The van der Waals surface area contributed by atoms with Gasteiger partial charge in [0.15, 0.2) is 0 Å². The second-order valence-electron chi connectivity index (χ2n) is 3.75. The molecule has 1 heterocycles. The van der Waals surface area contributed by atoms with Crippen molar-refractivity contribution in [3.63, 3.8) is 0 Å². The molecule has 21 heavy (non-hydrogen) atoms. The number of nitrogens with zero attached hydrogens (tertiary/aromatic N) is 5. The topological polar surface area (TPSA) is 86.2 Å². The highest BCUT2D eigenvalue weighted by Crippen LogP contribution is 2.21. The molecule has 0 aliphatic rings. The smallest absolute Gasteiger partial charge is 0.258 e. The molecule has 2 rings (SSSR count). The van der Waals surface area contributed by atoms with Crippen LogP contribution in [-0.4, -0.2) is 32.3 Å². The summed E-state index contributed by atoms with van der Waals surface area (Å²) in [6.45, 7) is 0. The maximum atomic E-state index is 12.8. The zero-order valence-corrected chi connectivity index (χ0v) is 11.5. The predicted octanol–water partition coefficient (Wildman–Crippen LogP) is 2.73. The standard InChI is InChI=1S/C11H9F2N5O2S/c1-21-11-16-15-10(9(12)13)17(11)14-6-7-2-4-8(5-3-7)18(19)20/h2-6,9H,1H3/b14-6+. The van der Waals surface area contributed by atoms with Crippen LogP contribution in [0.25, 0.3) is 0 Å². The molecule has 1 aromatic carbocycles. The lowest BCUT2D eigenvalue weighted by Gasteiger charge is -2.01. The number of aromatic nitrogens is 3. The van der Waals surface area contributed by atoms with Gasteiger partial charge in [0.1, 0.15) is 0 Å². The zero-order chi connectivity index (χ0) is 15.4. The maximum absolute atomic E-state index is 12.8. The van der Waals surface area contributed by atoms with E-state index in [4.69, 9.17) is 0 Å². The number of non-ortho nitro benzene ring substituents is 1. The van der Waals surface area contributed by atoms with E-state index >= 15 is 0 Å². The molecule has 0 spiro atoms. The lowest BCUT2D eigenvalue weighted by Crippen LogP contribution is -2.00. The van der Waals surface area contributed by atoms with Gasteiger partial charge in [-0.2, -0.15) is 9.78 Å². The molecule has 0 bridgehead atoms. The van der Waals surface area contributed by atoms with Gasteiger partial charge < -0.3 is 0 Å². The minimum atomic E-state index is -2.80. The molecule has 0 fully saturated rings. The Morgan fingerprint density at radius 3 is 2.57 bits per heavy atom. The number of nitro benzene ring substituents is 1. The van der Waals surface area contributed by atoms with E-state index in [-0.39, 0.29) is 10.8 Å². The first-order valence-corrected chi connectivity index (χ1v) is 6.81. The van der Waals surface area contributed by atoms with E-state index in [1.54, 1.807) is 6.26 Å². The van der Waals surface area contributed by atoms with Crippen molar-refractivity contribution in [3.8, 4) is 0 Å². The van der Waals surface area contributed by atoms with Crippen LogP contribution in [0, 0.1) is 10.1 Å². The van der Waals surface area contributed by atoms with Gasteiger partial charge in [-0.25, -0.2) is 8.78 Å². The van der Waals surface area contributed by atoms with Gasteiger partial charge in [-0.3, -0.25) is 10.1 Å². The molecule has 0 aliphatic heterocycles. The lowest BCUT2D eigenvalue weighted by molar-refractivity contribution is -0.384. The van der Waals surface area contributed by atoms with Crippen molar-refractivity contribution in [1.82, 2.24) is 14.9 Å². The summed E-state index contributed by atoms with van der Waals surface area (Å²) >= 11 is 1.13. The number of benzene rings is 1. The van der Waals surface area contributed by atoms with Gasteiger partial charge in [0.25, 0.3) is 12.1 Å². The van der Waals surface area contributed by atoms with E-state index in [0.717, 1.165) is 16.4 Å². The Bertz CT molecular complexity index is 672. The van der Waals surface area contributed by atoms with Gasteiger partial charge in [-0.15, -0.1) is 10.2 Å². The first kappa shape index (κ1) is 15.0. The van der Waals surface area contributed by atoms with Crippen molar-refractivity contribution in [2.75, 3.05) is 6.26 Å². The number of rotatable bonds is 5. The fourth-order valence-corrected chi connectivity index (χ4v) is 1.89. The fourth-order valence-electron chi connectivity index (χ4n) is 1.46. The minimum Gasteiger partial charge on any atom is -0.258 e. The van der Waals surface area contributed by atoms with Crippen LogP contribution >= 0.6 is 11.8 Å². The third kappa shape index (κ3) is 3.40. The molecular formula is C11H9F2N5O2S. The molecule has 0 unspecified atom stereocenters. The Labute approximate surface area is 121 Å². The number of nitro groups is 1. The highest BCUT2D eigenvalue weighted by molar-refractivity contribution is 7.98. The monoisotopic (exact) mass is 313 g/mol. The molecule has 0 amide bonds. The van der Waals surface area contributed by atoms with Crippen LogP contribution in [0.1, 0.15) is 17.8 Å². The Hall–Kier alpha value is -2.36. The molecule has 10 heteroatoms. The summed E-state index contributed by atoms with van der Waals surface area (Å²) < 4.78 is 26.5. The van der Waals surface area contributed by atoms with Crippen LogP contribution in [0.15, 0.2) is 34.5 Å². The molecule has 0 saturated heterocycles. The third-order valence-electron chi connectivity index (χ3n) is 2.44. The van der Waals surface area contributed by atoms with Gasteiger partial charge in [0.2, 0.25) is 11.0 Å². The molecule has 7 nitrogen and oxygen atoms in total. The average molecular weight is 313 g/mol. The number of hydrogen-bond donors (Lipinski definition) is 0. The van der Waals surface area contributed by atoms with E-state index < -0.39 is 17.2 Å². The van der Waals surface area contributed by atoms with E-state index in [0.29, 0.717) is 5.56 Å². The van der Waals surface area contributed by atoms with Crippen molar-refractivity contribution in [2.45, 2.75) is 11.6 Å². The molecule has 2 aromatic rings. The Kier molecular flexibility index (Phi) is 4.58. The van der Waals surface area contributed by atoms with Gasteiger partial charge in [0, 0.05) is 12.1 Å². The number of hydrogen-bond acceptors (Lipinski definition) is 6. The molecule has 110 valence electrons. The summed E-state index contributed by atoms with van der Waals surface area (Å²) in [5.41, 5.74) is 0.469. The second kappa shape index (κ2) is 6.39. The quantitative estimate of drug-likeness (QED) is 0.366. The first-order valence-electron chi connectivity index (χ1n) is 5.59. The molecule has 0 saturated carbocycles. The molecule has 0 aliphatic carbocycles. The van der Waals surface area contributed by atoms with Crippen molar-refractivity contribution in [2.24, 2.45) is 5.10 Å². The largest absolute Gasteiger partial charge is 0.299 e. The van der Waals surface area contributed by atoms with Crippen molar-refractivity contribution in [1.29, 1.82) is 0 Å². The van der Waals surface area contributed by atoms with Crippen LogP contribution in [0.4, 0.5) is 14.5 Å². The summed E-state index contributed by atoms with van der Waals surface area (Å²) in [4.78, 5) is 10.00. The molecular weight excluding hydrogens is 304 g/mol. The molecule has 0 radical (unpaired) electrons. The van der Waals surface area contributed by atoms with Crippen LogP contribution in [0.5, 0.6) is 0 Å². The number of halogens is 2. The van der Waals surface area contributed by atoms with E-state index in [2.05, 4.69) is 15.3 Å². The van der Waals surface area contributed by atoms with Crippen LogP contribution < -0.4 is 0 Å². The van der Waals surface area contributed by atoms with Gasteiger partial charge >= 0.3 is 0 Å². The number of thioether (sulfide) groups is 1. The van der Waals surface area contributed by atoms with Crippen LogP contribution in [0.2, 0.25) is 0 Å². The van der Waals surface area contributed by atoms with Crippen molar-refractivity contribution in [3.05, 3.63) is 45.8 Å². The maximum Gasteiger partial charge on any atom is 0.299 e. The van der Waals surface area contributed by atoms with E-state index in [1.165, 1.54) is 30.5 Å². The summed E-state index contributed by atoms with van der Waals surface area (Å²) in [6, 6.07) is 5.54. The summed E-state index contributed by atoms with van der Waals surface area (Å²) in [7, 11) is 0. The minimum absolute atomic E-state index is 0.0606. The normalized spacial score (nSPS) is 11.4. The van der Waals surface area contributed by atoms with Crippen molar-refractivity contribution < 1.29 is 13.7 Å². The lowest BCUT2D eigenvalue weighted by atomic mass is 10.2. The Morgan fingerprint density at radius 1 is 1.38 bits per heavy atom. The molecule has 0 atom stereocenters. The first-order chi connectivity index (χ1) is 10.0. The van der Waals surface area contributed by atoms with Crippen molar-refractivity contribution >= 4 is 23.7 Å². The zero-order valence-electron chi connectivity index (χ0n) is 10.7. The van der Waals surface area contributed by atoms with E-state index in [1.807, 2.05) is 0 Å². The highest BCUT2D eigenvalue weighted by Gasteiger charge is 2.19. The van der Waals surface area contributed by atoms with Crippen LogP contribution in [-0.2, 0) is 0 Å². The SMILES string of the molecule is CSc1nnc(C(F)F)n1/N=C/c1ccc([N+](=O)[O-])cc1.